The first-order chi connectivity index (χ1) is 10.00. The first-order valence-electron chi connectivity index (χ1n) is 7.00. The fourth-order valence-corrected chi connectivity index (χ4v) is 2.59. The lowest BCUT2D eigenvalue weighted by Gasteiger charge is -2.41. The van der Waals surface area contributed by atoms with Crippen molar-refractivity contribution >= 4 is 11.8 Å². The van der Waals surface area contributed by atoms with E-state index in [9.17, 15) is 9.59 Å². The van der Waals surface area contributed by atoms with E-state index in [4.69, 9.17) is 9.47 Å². The molecule has 2 aliphatic rings. The van der Waals surface area contributed by atoms with Crippen molar-refractivity contribution in [3.05, 3.63) is 23.8 Å². The smallest absolute Gasteiger partial charge is 0.254 e. The van der Waals surface area contributed by atoms with Gasteiger partial charge in [0.25, 0.3) is 5.91 Å². The summed E-state index contributed by atoms with van der Waals surface area (Å²) in [6.45, 7) is 5.45. The molecule has 21 heavy (non-hydrogen) atoms. The van der Waals surface area contributed by atoms with Crippen LogP contribution in [-0.2, 0) is 4.79 Å². The van der Waals surface area contributed by atoms with Crippen molar-refractivity contribution < 1.29 is 19.1 Å². The van der Waals surface area contributed by atoms with Crippen LogP contribution in [0.15, 0.2) is 18.2 Å². The number of carbonyl (C=O) groups excluding carboxylic acids is 2. The number of nitrogens with zero attached hydrogens (tertiary/aromatic N) is 1. The standard InChI is InChI=1S/C15H18N2O4/c1-15(2)14(19)16-5-6-17(15)13(18)10-3-4-11-12(9-10)21-8-7-20-11/h3-4,9H,5-8H2,1-2H3,(H,16,19). The van der Waals surface area contributed by atoms with Crippen molar-refractivity contribution in [2.75, 3.05) is 26.3 Å². The Morgan fingerprint density at radius 2 is 1.95 bits per heavy atom. The molecule has 1 aromatic carbocycles. The zero-order valence-corrected chi connectivity index (χ0v) is 12.1. The fraction of sp³-hybridized carbons (Fsp3) is 0.467. The number of hydrogen-bond donors (Lipinski definition) is 1. The summed E-state index contributed by atoms with van der Waals surface area (Å²) in [7, 11) is 0. The number of fused-ring (bicyclic) bond motifs is 1. The topological polar surface area (TPSA) is 67.9 Å². The largest absolute Gasteiger partial charge is 0.486 e. The van der Waals surface area contributed by atoms with E-state index >= 15 is 0 Å². The Labute approximate surface area is 123 Å². The van der Waals surface area contributed by atoms with Gasteiger partial charge in [-0.05, 0) is 32.0 Å². The highest BCUT2D eigenvalue weighted by Gasteiger charge is 2.40. The molecule has 0 spiro atoms. The molecule has 0 aromatic heterocycles. The normalized spacial score (nSPS) is 19.9. The maximum absolute atomic E-state index is 12.7. The van der Waals surface area contributed by atoms with Crippen molar-refractivity contribution in [3.63, 3.8) is 0 Å². The summed E-state index contributed by atoms with van der Waals surface area (Å²) in [4.78, 5) is 26.2. The highest BCUT2D eigenvalue weighted by atomic mass is 16.6. The monoisotopic (exact) mass is 290 g/mol. The Bertz CT molecular complexity index is 597. The molecule has 2 heterocycles. The van der Waals surface area contributed by atoms with Gasteiger partial charge < -0.3 is 19.7 Å². The molecule has 3 rings (SSSR count). The predicted molar refractivity (Wildman–Crippen MR) is 75.6 cm³/mol. The molecule has 112 valence electrons. The molecule has 1 N–H and O–H groups in total. The van der Waals surface area contributed by atoms with Crippen LogP contribution in [0.5, 0.6) is 11.5 Å². The Morgan fingerprint density at radius 3 is 2.71 bits per heavy atom. The molecular weight excluding hydrogens is 272 g/mol. The first kappa shape index (κ1) is 13.7. The second kappa shape index (κ2) is 4.95. The van der Waals surface area contributed by atoms with Gasteiger partial charge in [0.15, 0.2) is 11.5 Å². The van der Waals surface area contributed by atoms with Crippen LogP contribution in [0.3, 0.4) is 0 Å². The van der Waals surface area contributed by atoms with Crippen molar-refractivity contribution in [3.8, 4) is 11.5 Å². The van der Waals surface area contributed by atoms with Crippen LogP contribution in [0, 0.1) is 0 Å². The van der Waals surface area contributed by atoms with Crippen LogP contribution in [-0.4, -0.2) is 48.6 Å². The molecule has 0 radical (unpaired) electrons. The molecule has 1 fully saturated rings. The molecule has 2 aliphatic heterocycles. The minimum absolute atomic E-state index is 0.139. The van der Waals surface area contributed by atoms with Crippen molar-refractivity contribution in [2.45, 2.75) is 19.4 Å². The van der Waals surface area contributed by atoms with Gasteiger partial charge in [0.05, 0.1) is 0 Å². The quantitative estimate of drug-likeness (QED) is 0.831. The summed E-state index contributed by atoms with van der Waals surface area (Å²) in [5.74, 6) is 0.909. The lowest BCUT2D eigenvalue weighted by molar-refractivity contribution is -0.133. The molecule has 0 atom stereocenters. The zero-order valence-electron chi connectivity index (χ0n) is 12.1. The van der Waals surface area contributed by atoms with E-state index in [2.05, 4.69) is 5.32 Å². The molecule has 6 nitrogen and oxygen atoms in total. The third-order valence-electron chi connectivity index (χ3n) is 3.89. The van der Waals surface area contributed by atoms with Crippen molar-refractivity contribution in [1.29, 1.82) is 0 Å². The Kier molecular flexibility index (Phi) is 3.23. The molecule has 1 aromatic rings. The van der Waals surface area contributed by atoms with Gasteiger partial charge >= 0.3 is 0 Å². The number of benzene rings is 1. The van der Waals surface area contributed by atoms with Crippen LogP contribution in [0.1, 0.15) is 24.2 Å². The summed E-state index contributed by atoms with van der Waals surface area (Å²) < 4.78 is 10.9. The van der Waals surface area contributed by atoms with E-state index in [1.54, 1.807) is 36.9 Å². The van der Waals surface area contributed by atoms with Crippen LogP contribution in [0.25, 0.3) is 0 Å². The van der Waals surface area contributed by atoms with Gasteiger partial charge in [0, 0.05) is 18.7 Å². The molecule has 0 aliphatic carbocycles. The van der Waals surface area contributed by atoms with E-state index in [-0.39, 0.29) is 11.8 Å². The number of piperazine rings is 1. The molecule has 0 saturated carbocycles. The second-order valence-corrected chi connectivity index (χ2v) is 5.63. The maximum atomic E-state index is 12.7. The van der Waals surface area contributed by atoms with Crippen LogP contribution >= 0.6 is 0 Å². The van der Waals surface area contributed by atoms with E-state index in [0.29, 0.717) is 43.4 Å². The van der Waals surface area contributed by atoms with E-state index < -0.39 is 5.54 Å². The van der Waals surface area contributed by atoms with E-state index in [1.165, 1.54) is 0 Å². The fourth-order valence-electron chi connectivity index (χ4n) is 2.59. The summed E-state index contributed by atoms with van der Waals surface area (Å²) in [6.07, 6.45) is 0. The number of hydrogen-bond acceptors (Lipinski definition) is 4. The van der Waals surface area contributed by atoms with Gasteiger partial charge in [-0.15, -0.1) is 0 Å². The Hall–Kier alpha value is -2.24. The summed E-state index contributed by atoms with van der Waals surface area (Å²) in [5, 5.41) is 2.78. The predicted octanol–water partition coefficient (Wildman–Crippen LogP) is 0.808. The SMILES string of the molecule is CC1(C)C(=O)NCCN1C(=O)c1ccc2c(c1)OCCO2. The van der Waals surface area contributed by atoms with Gasteiger partial charge in [-0.2, -0.15) is 0 Å². The van der Waals surface area contributed by atoms with Crippen molar-refractivity contribution in [1.82, 2.24) is 10.2 Å². The highest BCUT2D eigenvalue weighted by molar-refractivity contribution is 6.00. The Morgan fingerprint density at radius 1 is 1.24 bits per heavy atom. The highest BCUT2D eigenvalue weighted by Crippen LogP contribution is 2.32. The Balaban J connectivity index is 1.89. The molecule has 0 bridgehead atoms. The number of nitrogens with one attached hydrogen (secondary N) is 1. The molecular formula is C15H18N2O4. The molecule has 2 amide bonds. The summed E-state index contributed by atoms with van der Waals surface area (Å²) >= 11 is 0. The van der Waals surface area contributed by atoms with E-state index in [0.717, 1.165) is 0 Å². The van der Waals surface area contributed by atoms with Gasteiger partial charge in [0.2, 0.25) is 5.91 Å². The maximum Gasteiger partial charge on any atom is 0.254 e. The third kappa shape index (κ3) is 2.30. The number of ether oxygens (including phenoxy) is 2. The minimum Gasteiger partial charge on any atom is -0.486 e. The first-order valence-corrected chi connectivity index (χ1v) is 7.00. The third-order valence-corrected chi connectivity index (χ3v) is 3.89. The minimum atomic E-state index is -0.859. The number of amides is 2. The van der Waals surface area contributed by atoms with Gasteiger partial charge in [-0.3, -0.25) is 9.59 Å². The van der Waals surface area contributed by atoms with Gasteiger partial charge in [-0.1, -0.05) is 0 Å². The molecule has 6 heteroatoms. The second-order valence-electron chi connectivity index (χ2n) is 5.63. The lowest BCUT2D eigenvalue weighted by Crippen LogP contribution is -2.63. The van der Waals surface area contributed by atoms with E-state index in [1.807, 2.05) is 0 Å². The average molecular weight is 290 g/mol. The summed E-state index contributed by atoms with van der Waals surface area (Å²) in [5.41, 5.74) is -0.357. The molecule has 1 saturated heterocycles. The number of carbonyl (C=O) groups is 2. The van der Waals surface area contributed by atoms with Crippen LogP contribution in [0.2, 0.25) is 0 Å². The average Bonchev–Trinajstić information content (AvgIpc) is 2.49. The van der Waals surface area contributed by atoms with Crippen LogP contribution in [0.4, 0.5) is 0 Å². The zero-order chi connectivity index (χ0) is 15.0. The van der Waals surface area contributed by atoms with Crippen molar-refractivity contribution in [2.24, 2.45) is 0 Å². The summed E-state index contributed by atoms with van der Waals surface area (Å²) in [6, 6.07) is 5.12. The molecule has 0 unspecified atom stereocenters. The lowest BCUT2D eigenvalue weighted by atomic mass is 9.97. The number of rotatable bonds is 1. The van der Waals surface area contributed by atoms with Crippen LogP contribution < -0.4 is 14.8 Å². The van der Waals surface area contributed by atoms with Gasteiger partial charge in [0.1, 0.15) is 18.8 Å². The van der Waals surface area contributed by atoms with Gasteiger partial charge in [-0.25, -0.2) is 0 Å².